The fourth-order valence-corrected chi connectivity index (χ4v) is 3.52. The molecule has 0 radical (unpaired) electrons. The summed E-state index contributed by atoms with van der Waals surface area (Å²) in [6.45, 7) is 4.02. The summed E-state index contributed by atoms with van der Waals surface area (Å²) in [7, 11) is 3.03. The molecule has 0 N–H and O–H groups in total. The van der Waals surface area contributed by atoms with E-state index in [1.165, 1.54) is 26.0 Å². The zero-order chi connectivity index (χ0) is 18.0. The summed E-state index contributed by atoms with van der Waals surface area (Å²) in [4.78, 5) is 21.7. The van der Waals surface area contributed by atoms with E-state index in [0.717, 1.165) is 0 Å². The summed E-state index contributed by atoms with van der Waals surface area (Å²) in [6, 6.07) is 7.07. The van der Waals surface area contributed by atoms with Gasteiger partial charge in [-0.15, -0.1) is 0 Å². The number of carbonyl (C=O) groups excluding carboxylic acids is 1. The molecule has 0 bridgehead atoms. The van der Waals surface area contributed by atoms with Crippen LogP contribution in [-0.2, 0) is 15.3 Å². The van der Waals surface area contributed by atoms with Gasteiger partial charge in [0, 0.05) is 24.0 Å². The molecule has 8 heteroatoms. The Morgan fingerprint density at radius 1 is 1.20 bits per heavy atom. The monoisotopic (exact) mass is 362 g/mol. The highest BCUT2D eigenvalue weighted by Crippen LogP contribution is 2.42. The summed E-state index contributed by atoms with van der Waals surface area (Å²) in [5, 5.41) is 0.405. The minimum Gasteiger partial charge on any atom is -0.481 e. The third-order valence-corrected chi connectivity index (χ3v) is 4.63. The number of ether oxygens (including phenoxy) is 4. The van der Waals surface area contributed by atoms with Crippen molar-refractivity contribution in [3.8, 4) is 11.8 Å². The van der Waals surface area contributed by atoms with Crippen LogP contribution in [0, 0.1) is 0 Å². The largest absolute Gasteiger partial charge is 0.481 e. The number of benzene rings is 1. The Kier molecular flexibility index (Phi) is 4.82. The van der Waals surface area contributed by atoms with Gasteiger partial charge in [0.25, 0.3) is 0 Å². The van der Waals surface area contributed by atoms with Crippen molar-refractivity contribution in [1.82, 2.24) is 9.97 Å². The lowest BCUT2D eigenvalue weighted by Crippen LogP contribution is -2.25. The molecule has 0 amide bonds. The maximum Gasteiger partial charge on any atom is 0.342 e. The molecule has 0 saturated heterocycles. The topological polar surface area (TPSA) is 79.8 Å². The van der Waals surface area contributed by atoms with Gasteiger partial charge in [-0.1, -0.05) is 12.1 Å². The number of esters is 1. The first-order chi connectivity index (χ1) is 12.0. The Morgan fingerprint density at radius 3 is 2.48 bits per heavy atom. The van der Waals surface area contributed by atoms with Gasteiger partial charge in [0.2, 0.25) is 17.5 Å². The van der Waals surface area contributed by atoms with Crippen molar-refractivity contribution in [2.24, 2.45) is 0 Å². The van der Waals surface area contributed by atoms with E-state index >= 15 is 0 Å². The lowest BCUT2D eigenvalue weighted by Gasteiger charge is -2.23. The number of methoxy groups -OCH3 is 2. The van der Waals surface area contributed by atoms with Gasteiger partial charge in [0.15, 0.2) is 5.16 Å². The van der Waals surface area contributed by atoms with Crippen molar-refractivity contribution in [3.63, 3.8) is 0 Å². The highest BCUT2D eigenvalue weighted by Gasteiger charge is 2.44. The Morgan fingerprint density at radius 2 is 1.88 bits per heavy atom. The quantitative estimate of drug-likeness (QED) is 0.573. The van der Waals surface area contributed by atoms with Gasteiger partial charge in [0.1, 0.15) is 0 Å². The van der Waals surface area contributed by atoms with Gasteiger partial charge in [-0.3, -0.25) is 0 Å². The molecular formula is C17H18N2O5S. The maximum atomic E-state index is 12.4. The normalized spacial score (nSPS) is 18.6. The van der Waals surface area contributed by atoms with Crippen molar-refractivity contribution < 1.29 is 23.7 Å². The molecule has 1 aliphatic rings. The summed E-state index contributed by atoms with van der Waals surface area (Å²) >= 11 is 1.24. The van der Waals surface area contributed by atoms with Crippen LogP contribution in [-0.4, -0.2) is 36.8 Å². The van der Waals surface area contributed by atoms with Crippen molar-refractivity contribution >= 4 is 17.7 Å². The molecule has 0 saturated carbocycles. The number of fused-ring (bicyclic) bond motifs is 1. The molecule has 3 rings (SSSR count). The summed E-state index contributed by atoms with van der Waals surface area (Å²) in [6.07, 6.45) is 0. The van der Waals surface area contributed by atoms with E-state index in [9.17, 15) is 4.79 Å². The first-order valence-electron chi connectivity index (χ1n) is 7.66. The minimum absolute atomic E-state index is 0.378. The summed E-state index contributed by atoms with van der Waals surface area (Å²) < 4.78 is 21.4. The molecule has 0 aliphatic carbocycles. The number of hydrogen-bond donors (Lipinski definition) is 0. The molecule has 1 aromatic carbocycles. The van der Waals surface area contributed by atoms with E-state index < -0.39 is 11.8 Å². The lowest BCUT2D eigenvalue weighted by molar-refractivity contribution is -0.188. The highest BCUT2D eigenvalue weighted by molar-refractivity contribution is 7.99. The van der Waals surface area contributed by atoms with Crippen LogP contribution in [0.25, 0.3) is 0 Å². The van der Waals surface area contributed by atoms with E-state index in [1.54, 1.807) is 13.0 Å². The van der Waals surface area contributed by atoms with Crippen LogP contribution in [0.1, 0.15) is 29.8 Å². The molecule has 2 heterocycles. The van der Waals surface area contributed by atoms with Crippen molar-refractivity contribution in [1.29, 1.82) is 0 Å². The first kappa shape index (κ1) is 17.5. The van der Waals surface area contributed by atoms with E-state index in [-0.39, 0.29) is 0 Å². The standard InChI is InChI=1S/C17H18N2O5S/c1-5-23-17(2)10-7-6-8-11(14(10)15(20)24-17)25-16-18-12(21-3)9-13(19-16)22-4/h6-9H,5H2,1-4H3. The third-order valence-electron chi connectivity index (χ3n) is 3.70. The van der Waals surface area contributed by atoms with E-state index in [1.807, 2.05) is 25.1 Å². The highest BCUT2D eigenvalue weighted by atomic mass is 32.2. The van der Waals surface area contributed by atoms with Gasteiger partial charge < -0.3 is 18.9 Å². The number of carbonyl (C=O) groups is 1. The van der Waals surface area contributed by atoms with Gasteiger partial charge in [-0.25, -0.2) is 4.79 Å². The molecule has 7 nitrogen and oxygen atoms in total. The van der Waals surface area contributed by atoms with Crippen LogP contribution in [0.2, 0.25) is 0 Å². The smallest absolute Gasteiger partial charge is 0.342 e. The fraction of sp³-hybridized carbons (Fsp3) is 0.353. The molecule has 0 spiro atoms. The lowest BCUT2D eigenvalue weighted by atomic mass is 10.0. The van der Waals surface area contributed by atoms with E-state index in [0.29, 0.717) is 39.5 Å². The minimum atomic E-state index is -1.08. The first-order valence-corrected chi connectivity index (χ1v) is 8.48. The predicted octanol–water partition coefficient (Wildman–Crippen LogP) is 3.02. The average molecular weight is 362 g/mol. The molecule has 1 atom stereocenters. The summed E-state index contributed by atoms with van der Waals surface area (Å²) in [5.41, 5.74) is 1.16. The van der Waals surface area contributed by atoms with E-state index in [4.69, 9.17) is 18.9 Å². The second-order valence-corrected chi connectivity index (χ2v) is 6.29. The second kappa shape index (κ2) is 6.89. The van der Waals surface area contributed by atoms with Crippen LogP contribution in [0.15, 0.2) is 34.3 Å². The number of aromatic nitrogens is 2. The van der Waals surface area contributed by atoms with Crippen LogP contribution in [0.4, 0.5) is 0 Å². The maximum absolute atomic E-state index is 12.4. The Hall–Kier alpha value is -2.32. The average Bonchev–Trinajstić information content (AvgIpc) is 2.86. The molecule has 1 aromatic heterocycles. The van der Waals surface area contributed by atoms with E-state index in [2.05, 4.69) is 9.97 Å². The second-order valence-electron chi connectivity index (χ2n) is 5.28. The van der Waals surface area contributed by atoms with Crippen LogP contribution < -0.4 is 9.47 Å². The molecule has 1 unspecified atom stereocenters. The zero-order valence-electron chi connectivity index (χ0n) is 14.4. The Bertz CT molecular complexity index is 791. The van der Waals surface area contributed by atoms with Crippen LogP contribution in [0.3, 0.4) is 0 Å². The third kappa shape index (κ3) is 3.27. The van der Waals surface area contributed by atoms with Crippen molar-refractivity contribution in [2.45, 2.75) is 29.7 Å². The van der Waals surface area contributed by atoms with Crippen molar-refractivity contribution in [2.75, 3.05) is 20.8 Å². The Balaban J connectivity index is 2.01. The zero-order valence-corrected chi connectivity index (χ0v) is 15.2. The SMILES string of the molecule is CCOC1(C)OC(=O)c2c(Sc3nc(OC)cc(OC)n3)cccc21. The number of cyclic esters (lactones) is 1. The van der Waals surface area contributed by atoms with Gasteiger partial charge in [-0.2, -0.15) is 9.97 Å². The molecule has 2 aromatic rings. The molecular weight excluding hydrogens is 344 g/mol. The van der Waals surface area contributed by atoms with Gasteiger partial charge in [-0.05, 0) is 24.8 Å². The molecule has 25 heavy (non-hydrogen) atoms. The van der Waals surface area contributed by atoms with Gasteiger partial charge >= 0.3 is 5.97 Å². The molecule has 0 fully saturated rings. The summed E-state index contributed by atoms with van der Waals surface area (Å²) in [5.74, 6) is -0.749. The number of rotatable bonds is 6. The van der Waals surface area contributed by atoms with Crippen LogP contribution >= 0.6 is 11.8 Å². The molecule has 132 valence electrons. The number of nitrogens with zero attached hydrogens (tertiary/aromatic N) is 2. The molecule has 1 aliphatic heterocycles. The van der Waals surface area contributed by atoms with Gasteiger partial charge in [0.05, 0.1) is 25.8 Å². The van der Waals surface area contributed by atoms with Crippen LogP contribution in [0.5, 0.6) is 11.8 Å². The van der Waals surface area contributed by atoms with Crippen molar-refractivity contribution in [3.05, 3.63) is 35.4 Å². The fourth-order valence-electron chi connectivity index (χ4n) is 2.61. The predicted molar refractivity (Wildman–Crippen MR) is 90.1 cm³/mol. The number of hydrogen-bond acceptors (Lipinski definition) is 8. The Labute approximate surface area is 149 Å².